The number of nitrogens with zero attached hydrogens (tertiary/aromatic N) is 1. The molecular weight excluding hydrogens is 501 g/mol. The van der Waals surface area contributed by atoms with Crippen molar-refractivity contribution in [3.05, 3.63) is 57.6 Å². The molecule has 0 amide bonds. The van der Waals surface area contributed by atoms with E-state index in [9.17, 15) is 30.7 Å². The first-order chi connectivity index (χ1) is 14.3. The summed E-state index contributed by atoms with van der Waals surface area (Å²) in [5, 5.41) is 2.82. The van der Waals surface area contributed by atoms with Crippen LogP contribution in [0.1, 0.15) is 16.7 Å². The molecule has 0 aliphatic carbocycles. The third kappa shape index (κ3) is 5.81. The molecule has 2 aromatic rings. The zero-order valence-corrected chi connectivity index (χ0v) is 17.6. The maximum atomic E-state index is 13.2. The van der Waals surface area contributed by atoms with Crippen LogP contribution >= 0.6 is 15.9 Å². The van der Waals surface area contributed by atoms with Crippen molar-refractivity contribution in [2.45, 2.75) is 31.7 Å². The lowest BCUT2D eigenvalue weighted by Crippen LogP contribution is -2.58. The molecule has 0 heterocycles. The van der Waals surface area contributed by atoms with Gasteiger partial charge in [0.05, 0.1) is 17.8 Å². The number of hydrogen-bond acceptors (Lipinski definition) is 4. The average molecular weight is 517 g/mol. The highest BCUT2D eigenvalue weighted by atomic mass is 79.9. The summed E-state index contributed by atoms with van der Waals surface area (Å²) in [6.45, 7) is 2.10. The molecule has 0 unspecified atom stereocenters. The van der Waals surface area contributed by atoms with Gasteiger partial charge in [-0.3, -0.25) is 0 Å². The van der Waals surface area contributed by atoms with Crippen molar-refractivity contribution in [1.82, 2.24) is 5.43 Å². The van der Waals surface area contributed by atoms with E-state index in [0.29, 0.717) is 16.1 Å². The molecule has 0 aromatic heterocycles. The van der Waals surface area contributed by atoms with Crippen molar-refractivity contribution in [2.75, 3.05) is 7.11 Å². The quantitative estimate of drug-likeness (QED) is 0.201. The molecule has 0 atom stereocenters. The Bertz CT molecular complexity index is 949. The van der Waals surface area contributed by atoms with E-state index in [2.05, 4.69) is 21.0 Å². The Kier molecular flexibility index (Phi) is 7.45. The van der Waals surface area contributed by atoms with Crippen LogP contribution in [0.5, 0.6) is 11.5 Å². The molecule has 12 heteroatoms. The number of nitrogens with one attached hydrogen (secondary N) is 1. The minimum Gasteiger partial charge on any atom is -0.493 e. The third-order valence-corrected chi connectivity index (χ3v) is 4.48. The molecule has 0 aliphatic heterocycles. The summed E-state index contributed by atoms with van der Waals surface area (Å²) >= 11 is 3.21. The molecule has 0 saturated carbocycles. The summed E-state index contributed by atoms with van der Waals surface area (Å²) in [5.41, 5.74) is 2.52. The second-order valence-corrected chi connectivity index (χ2v) is 7.18. The first kappa shape index (κ1) is 24.8. The Balaban J connectivity index is 2.17. The standard InChI is InChI=1S/C19H16BrF7N2O2/c1-11-4-3-5-12(6-11)10-31-16-14(20)7-13(8-15(16)30-2)9-28-29-19(26,27)17(21,22)18(23,24)25/h3-9,29H,10H2,1-2H3/b28-9+. The number of ether oxygens (including phenoxy) is 2. The number of aryl methyl sites for hydroxylation is 1. The molecule has 0 spiro atoms. The maximum absolute atomic E-state index is 13.2. The van der Waals surface area contributed by atoms with Gasteiger partial charge in [0.1, 0.15) is 6.61 Å². The zero-order valence-electron chi connectivity index (χ0n) is 16.0. The first-order valence-corrected chi connectivity index (χ1v) is 9.26. The third-order valence-electron chi connectivity index (χ3n) is 3.89. The minimum absolute atomic E-state index is 0.0604. The van der Waals surface area contributed by atoms with Gasteiger partial charge in [0.15, 0.2) is 11.5 Å². The van der Waals surface area contributed by atoms with Gasteiger partial charge < -0.3 is 9.47 Å². The van der Waals surface area contributed by atoms with Crippen LogP contribution in [0.15, 0.2) is 46.0 Å². The van der Waals surface area contributed by atoms with Crippen molar-refractivity contribution < 1.29 is 40.2 Å². The molecule has 2 rings (SSSR count). The lowest BCUT2D eigenvalue weighted by Gasteiger charge is -2.27. The van der Waals surface area contributed by atoms with Crippen LogP contribution in [0.25, 0.3) is 0 Å². The monoisotopic (exact) mass is 516 g/mol. The molecule has 4 nitrogen and oxygen atoms in total. The summed E-state index contributed by atoms with van der Waals surface area (Å²) in [4.78, 5) is 0. The second kappa shape index (κ2) is 9.33. The first-order valence-electron chi connectivity index (χ1n) is 8.47. The maximum Gasteiger partial charge on any atom is 0.462 e. The average Bonchev–Trinajstić information content (AvgIpc) is 2.65. The van der Waals surface area contributed by atoms with Crippen LogP contribution in [0.2, 0.25) is 0 Å². The molecule has 0 radical (unpaired) electrons. The fourth-order valence-corrected chi connectivity index (χ4v) is 2.92. The van der Waals surface area contributed by atoms with Gasteiger partial charge in [-0.1, -0.05) is 29.8 Å². The predicted molar refractivity (Wildman–Crippen MR) is 103 cm³/mol. The van der Waals surface area contributed by atoms with Crippen molar-refractivity contribution in [3.8, 4) is 11.5 Å². The molecule has 31 heavy (non-hydrogen) atoms. The number of halogens is 8. The van der Waals surface area contributed by atoms with Crippen molar-refractivity contribution in [3.63, 3.8) is 0 Å². The number of alkyl halides is 7. The number of rotatable bonds is 8. The largest absolute Gasteiger partial charge is 0.493 e. The summed E-state index contributed by atoms with van der Waals surface area (Å²) in [7, 11) is 1.30. The van der Waals surface area contributed by atoms with E-state index in [-0.39, 0.29) is 23.7 Å². The van der Waals surface area contributed by atoms with Gasteiger partial charge >= 0.3 is 18.1 Å². The lowest BCUT2D eigenvalue weighted by atomic mass is 10.1. The second-order valence-electron chi connectivity index (χ2n) is 6.33. The zero-order chi connectivity index (χ0) is 23.4. The van der Waals surface area contributed by atoms with Gasteiger partial charge in [-0.05, 0) is 46.1 Å². The minimum atomic E-state index is -6.46. The molecule has 0 saturated heterocycles. The fourth-order valence-electron chi connectivity index (χ4n) is 2.35. The highest BCUT2D eigenvalue weighted by Crippen LogP contribution is 2.45. The lowest BCUT2D eigenvalue weighted by molar-refractivity contribution is -0.361. The van der Waals surface area contributed by atoms with Crippen molar-refractivity contribution in [2.24, 2.45) is 5.10 Å². The van der Waals surface area contributed by atoms with E-state index >= 15 is 0 Å². The van der Waals surface area contributed by atoms with Crippen LogP contribution in [0.4, 0.5) is 30.7 Å². The molecule has 0 aliphatic rings. The fraction of sp³-hybridized carbons (Fsp3) is 0.316. The van der Waals surface area contributed by atoms with Crippen molar-refractivity contribution in [1.29, 1.82) is 0 Å². The molecular formula is C19H16BrF7N2O2. The van der Waals surface area contributed by atoms with E-state index in [0.717, 1.165) is 11.1 Å². The molecule has 0 fully saturated rings. The Labute approximate surface area is 181 Å². The number of hydrazone groups is 1. The van der Waals surface area contributed by atoms with Gasteiger partial charge in [0.25, 0.3) is 0 Å². The van der Waals surface area contributed by atoms with E-state index in [1.165, 1.54) is 19.2 Å². The highest BCUT2D eigenvalue weighted by Gasteiger charge is 2.73. The van der Waals surface area contributed by atoms with Crippen LogP contribution in [-0.4, -0.2) is 31.5 Å². The van der Waals surface area contributed by atoms with E-state index < -0.39 is 18.1 Å². The van der Waals surface area contributed by atoms with Gasteiger partial charge in [-0.25, -0.2) is 5.43 Å². The van der Waals surface area contributed by atoms with Crippen LogP contribution in [0.3, 0.4) is 0 Å². The van der Waals surface area contributed by atoms with E-state index in [4.69, 9.17) is 9.47 Å². The van der Waals surface area contributed by atoms with Crippen molar-refractivity contribution >= 4 is 22.1 Å². The summed E-state index contributed by atoms with van der Waals surface area (Å²) in [5.74, 6) is -5.90. The van der Waals surface area contributed by atoms with Gasteiger partial charge in [0, 0.05) is 0 Å². The van der Waals surface area contributed by atoms with Crippen LogP contribution in [-0.2, 0) is 6.61 Å². The molecule has 0 bridgehead atoms. The summed E-state index contributed by atoms with van der Waals surface area (Å²) in [6.07, 6.45) is -5.82. The number of benzene rings is 2. The molecule has 170 valence electrons. The van der Waals surface area contributed by atoms with Gasteiger partial charge in [-0.2, -0.15) is 35.8 Å². The Morgan fingerprint density at radius 1 is 1.06 bits per heavy atom. The Morgan fingerprint density at radius 3 is 2.32 bits per heavy atom. The van der Waals surface area contributed by atoms with Gasteiger partial charge in [-0.15, -0.1) is 0 Å². The normalized spacial score (nSPS) is 12.8. The van der Waals surface area contributed by atoms with Crippen LogP contribution in [0, 0.1) is 6.92 Å². The smallest absolute Gasteiger partial charge is 0.462 e. The highest BCUT2D eigenvalue weighted by molar-refractivity contribution is 9.10. The van der Waals surface area contributed by atoms with Crippen LogP contribution < -0.4 is 14.9 Å². The number of hydrogen-bond donors (Lipinski definition) is 1. The van der Waals surface area contributed by atoms with E-state index in [1.54, 1.807) is 0 Å². The topological polar surface area (TPSA) is 42.8 Å². The summed E-state index contributed by atoms with van der Waals surface area (Å²) < 4.78 is 99.8. The Morgan fingerprint density at radius 2 is 1.74 bits per heavy atom. The predicted octanol–water partition coefficient (Wildman–Crippen LogP) is 6.06. The van der Waals surface area contributed by atoms with E-state index in [1.807, 2.05) is 31.2 Å². The van der Waals surface area contributed by atoms with Gasteiger partial charge in [0.2, 0.25) is 0 Å². The summed E-state index contributed by atoms with van der Waals surface area (Å²) in [6, 6.07) is 4.48. The SMILES string of the molecule is COc1cc(/C=N/NC(F)(F)C(F)(F)C(F)(F)F)cc(Br)c1OCc1cccc(C)c1. The Hall–Kier alpha value is -2.50. The number of methoxy groups -OCH3 is 1. The molecule has 2 aromatic carbocycles. The molecule has 1 N–H and O–H groups in total.